The molecule has 1 aliphatic carbocycles. The zero-order valence-electron chi connectivity index (χ0n) is 16.1. The third-order valence-electron chi connectivity index (χ3n) is 5.19. The number of anilines is 1. The van der Waals surface area contributed by atoms with Crippen molar-refractivity contribution < 1.29 is 13.2 Å². The number of nitrogens with one attached hydrogen (secondary N) is 1. The average Bonchev–Trinajstić information content (AvgIpc) is 3.39. The minimum atomic E-state index is -3.36. The highest BCUT2D eigenvalue weighted by Gasteiger charge is 2.30. The number of aromatic nitrogens is 1. The zero-order chi connectivity index (χ0) is 20.4. The number of hydrogen-bond donors (Lipinski definition) is 1. The second-order valence-corrected chi connectivity index (χ2v) is 10.5. The highest BCUT2D eigenvalue weighted by Crippen LogP contribution is 2.31. The van der Waals surface area contributed by atoms with E-state index in [1.165, 1.54) is 11.3 Å². The van der Waals surface area contributed by atoms with Gasteiger partial charge >= 0.3 is 0 Å². The second kappa shape index (κ2) is 8.08. The normalized spacial score (nSPS) is 14.8. The Labute approximate surface area is 174 Å². The highest BCUT2D eigenvalue weighted by molar-refractivity contribution is 7.92. The van der Waals surface area contributed by atoms with E-state index in [1.807, 2.05) is 30.3 Å². The lowest BCUT2D eigenvalue weighted by atomic mass is 10.2. The van der Waals surface area contributed by atoms with Crippen molar-refractivity contribution in [2.24, 2.45) is 0 Å². The molecule has 1 aliphatic rings. The molecule has 1 saturated carbocycles. The summed E-state index contributed by atoms with van der Waals surface area (Å²) in [4.78, 5) is 18.1. The molecule has 0 radical (unpaired) electrons. The molecular formula is C22H22N2O3S2. The monoisotopic (exact) mass is 426 g/mol. The molecule has 1 heterocycles. The maximum Gasteiger partial charge on any atom is 0.267 e. The van der Waals surface area contributed by atoms with Crippen LogP contribution in [0.4, 0.5) is 5.69 Å². The largest absolute Gasteiger partial charge is 0.321 e. The predicted octanol–water partition coefficient (Wildman–Crippen LogP) is 5.09. The van der Waals surface area contributed by atoms with Crippen molar-refractivity contribution in [3.05, 3.63) is 65.2 Å². The van der Waals surface area contributed by atoms with Crippen molar-refractivity contribution in [1.29, 1.82) is 0 Å². The Balaban J connectivity index is 1.56. The Morgan fingerprint density at radius 2 is 1.79 bits per heavy atom. The Morgan fingerprint density at radius 3 is 2.52 bits per heavy atom. The number of rotatable bonds is 5. The lowest BCUT2D eigenvalue weighted by Crippen LogP contribution is -2.18. The molecule has 150 valence electrons. The molecule has 1 N–H and O–H groups in total. The lowest BCUT2D eigenvalue weighted by molar-refractivity contribution is 0.102. The van der Waals surface area contributed by atoms with E-state index in [4.69, 9.17) is 0 Å². The van der Waals surface area contributed by atoms with Crippen LogP contribution >= 0.6 is 11.3 Å². The summed E-state index contributed by atoms with van der Waals surface area (Å²) in [7, 11) is -3.36. The van der Waals surface area contributed by atoms with Crippen LogP contribution in [0.5, 0.6) is 0 Å². The number of hydrogen-bond acceptors (Lipinski definition) is 5. The molecule has 0 saturated heterocycles. The lowest BCUT2D eigenvalue weighted by Gasteiger charge is -2.12. The number of carbonyl (C=O) groups excluding carboxylic acids is 1. The summed E-state index contributed by atoms with van der Waals surface area (Å²) in [5.41, 5.74) is 2.09. The van der Waals surface area contributed by atoms with E-state index < -0.39 is 9.84 Å². The fourth-order valence-corrected chi connectivity index (χ4v) is 6.51. The minimum absolute atomic E-state index is 0.271. The summed E-state index contributed by atoms with van der Waals surface area (Å²) in [6, 6.07) is 16.3. The van der Waals surface area contributed by atoms with Gasteiger partial charge in [-0.3, -0.25) is 4.79 Å². The van der Waals surface area contributed by atoms with E-state index in [1.54, 1.807) is 31.2 Å². The fourth-order valence-electron chi connectivity index (χ4n) is 3.64. The molecule has 2 aromatic carbocycles. The third kappa shape index (κ3) is 4.11. The molecular weight excluding hydrogens is 404 g/mol. The number of amides is 1. The van der Waals surface area contributed by atoms with Crippen molar-refractivity contribution in [2.45, 2.75) is 42.8 Å². The van der Waals surface area contributed by atoms with Crippen molar-refractivity contribution >= 4 is 32.8 Å². The first-order chi connectivity index (χ1) is 13.9. The topological polar surface area (TPSA) is 76.1 Å². The quantitative estimate of drug-likeness (QED) is 0.617. The number of nitrogens with zero attached hydrogens (tertiary/aromatic N) is 1. The first kappa shape index (κ1) is 19.8. The molecule has 4 rings (SSSR count). The molecule has 1 fully saturated rings. The number of carbonyl (C=O) groups is 1. The molecule has 3 aromatic rings. The summed E-state index contributed by atoms with van der Waals surface area (Å²) in [5, 5.41) is 3.30. The maximum absolute atomic E-state index is 12.8. The highest BCUT2D eigenvalue weighted by atomic mass is 32.2. The SMILES string of the molecule is Cc1nc(-c2ccccc2)sc1C(=O)Nc1cccc(S(=O)(=O)C2CCCC2)c1. The third-order valence-corrected chi connectivity index (χ3v) is 8.65. The van der Waals surface area contributed by atoms with E-state index in [2.05, 4.69) is 10.3 Å². The van der Waals surface area contributed by atoms with Crippen LogP contribution in [0.25, 0.3) is 10.6 Å². The Morgan fingerprint density at radius 1 is 1.07 bits per heavy atom. The summed E-state index contributed by atoms with van der Waals surface area (Å²) >= 11 is 1.33. The van der Waals surface area contributed by atoms with Crippen LogP contribution in [0.3, 0.4) is 0 Å². The molecule has 1 amide bonds. The van der Waals surface area contributed by atoms with Gasteiger partial charge in [0.1, 0.15) is 9.88 Å². The van der Waals surface area contributed by atoms with Crippen LogP contribution in [0, 0.1) is 6.92 Å². The minimum Gasteiger partial charge on any atom is -0.321 e. The van der Waals surface area contributed by atoms with Gasteiger partial charge in [0.25, 0.3) is 5.91 Å². The molecule has 0 spiro atoms. The van der Waals surface area contributed by atoms with E-state index in [0.717, 1.165) is 23.4 Å². The van der Waals surface area contributed by atoms with Gasteiger partial charge in [0, 0.05) is 11.3 Å². The zero-order valence-corrected chi connectivity index (χ0v) is 17.7. The summed E-state index contributed by atoms with van der Waals surface area (Å²) in [6.07, 6.45) is 3.33. The summed E-state index contributed by atoms with van der Waals surface area (Å²) in [6.45, 7) is 1.80. The molecule has 0 unspecified atom stereocenters. The van der Waals surface area contributed by atoms with Gasteiger partial charge in [0.05, 0.1) is 15.8 Å². The van der Waals surface area contributed by atoms with Gasteiger partial charge in [-0.1, -0.05) is 49.2 Å². The van der Waals surface area contributed by atoms with Crippen molar-refractivity contribution in [3.8, 4) is 10.6 Å². The number of sulfone groups is 1. The van der Waals surface area contributed by atoms with Gasteiger partial charge < -0.3 is 5.32 Å². The fraction of sp³-hybridized carbons (Fsp3) is 0.273. The van der Waals surface area contributed by atoms with E-state index >= 15 is 0 Å². The van der Waals surface area contributed by atoms with E-state index in [-0.39, 0.29) is 16.1 Å². The first-order valence-electron chi connectivity index (χ1n) is 9.63. The molecule has 5 nitrogen and oxygen atoms in total. The first-order valence-corrected chi connectivity index (χ1v) is 12.0. The summed E-state index contributed by atoms with van der Waals surface area (Å²) < 4.78 is 25.7. The summed E-state index contributed by atoms with van der Waals surface area (Å²) in [5.74, 6) is -0.280. The second-order valence-electron chi connectivity index (χ2n) is 7.23. The number of aryl methyl sites for hydroxylation is 1. The smallest absolute Gasteiger partial charge is 0.267 e. The van der Waals surface area contributed by atoms with Gasteiger partial charge in [-0.25, -0.2) is 13.4 Å². The Bertz CT molecular complexity index is 1130. The molecule has 29 heavy (non-hydrogen) atoms. The van der Waals surface area contributed by atoms with Crippen LogP contribution in [0.1, 0.15) is 41.0 Å². The van der Waals surface area contributed by atoms with Crippen LogP contribution in [0.2, 0.25) is 0 Å². The molecule has 0 bridgehead atoms. The van der Waals surface area contributed by atoms with Gasteiger partial charge in [0.15, 0.2) is 9.84 Å². The molecule has 0 atom stereocenters. The number of benzene rings is 2. The average molecular weight is 427 g/mol. The molecule has 7 heteroatoms. The maximum atomic E-state index is 12.8. The van der Waals surface area contributed by atoms with E-state index in [0.29, 0.717) is 29.1 Å². The van der Waals surface area contributed by atoms with Gasteiger partial charge in [-0.05, 0) is 38.0 Å². The van der Waals surface area contributed by atoms with Crippen LogP contribution in [0.15, 0.2) is 59.5 Å². The van der Waals surface area contributed by atoms with Crippen molar-refractivity contribution in [3.63, 3.8) is 0 Å². The van der Waals surface area contributed by atoms with E-state index in [9.17, 15) is 13.2 Å². The molecule has 0 aliphatic heterocycles. The standard InChI is InChI=1S/C22H22N2O3S2/c1-15-20(28-22(23-15)16-8-3-2-4-9-16)21(25)24-17-10-7-13-19(14-17)29(26,27)18-11-5-6-12-18/h2-4,7-10,13-14,18H,5-6,11-12H2,1H3,(H,24,25). The van der Waals surface area contributed by atoms with Gasteiger partial charge in [0.2, 0.25) is 0 Å². The van der Waals surface area contributed by atoms with Gasteiger partial charge in [-0.15, -0.1) is 11.3 Å². The van der Waals surface area contributed by atoms with Gasteiger partial charge in [-0.2, -0.15) is 0 Å². The predicted molar refractivity (Wildman–Crippen MR) is 116 cm³/mol. The number of thiazole rings is 1. The van der Waals surface area contributed by atoms with Crippen LogP contribution in [-0.4, -0.2) is 24.6 Å². The van der Waals surface area contributed by atoms with Crippen LogP contribution in [-0.2, 0) is 9.84 Å². The Kier molecular flexibility index (Phi) is 5.52. The van der Waals surface area contributed by atoms with Crippen molar-refractivity contribution in [2.75, 3.05) is 5.32 Å². The molecule has 1 aromatic heterocycles. The van der Waals surface area contributed by atoms with Crippen molar-refractivity contribution in [1.82, 2.24) is 4.98 Å². The van der Waals surface area contributed by atoms with Crippen LogP contribution < -0.4 is 5.32 Å². The Hall–Kier alpha value is -2.51.